The lowest BCUT2D eigenvalue weighted by molar-refractivity contribution is -0.286. The third-order valence-corrected chi connectivity index (χ3v) is 3.93. The maximum atomic E-state index is 13.0. The van der Waals surface area contributed by atoms with E-state index in [1.165, 1.54) is 25.2 Å². The van der Waals surface area contributed by atoms with Gasteiger partial charge >= 0.3 is 18.5 Å². The molecule has 0 atom stereocenters. The van der Waals surface area contributed by atoms with Gasteiger partial charge in [-0.1, -0.05) is 11.6 Å². The van der Waals surface area contributed by atoms with Crippen LogP contribution in [0.2, 0.25) is 5.02 Å². The molecule has 2 aromatic carbocycles. The normalized spacial score (nSPS) is 14.8. The average Bonchev–Trinajstić information content (AvgIpc) is 2.87. The molecule has 27 heavy (non-hydrogen) atoms. The molecule has 1 aliphatic rings. The van der Waals surface area contributed by atoms with Crippen LogP contribution < -0.4 is 19.7 Å². The number of ether oxygens (including phenoxy) is 2. The van der Waals surface area contributed by atoms with Crippen molar-refractivity contribution in [3.05, 3.63) is 47.0 Å². The zero-order valence-electron chi connectivity index (χ0n) is 13.4. The number of urea groups is 1. The van der Waals surface area contributed by atoms with Gasteiger partial charge in [-0.3, -0.25) is 4.90 Å². The van der Waals surface area contributed by atoms with Gasteiger partial charge in [-0.2, -0.15) is 13.2 Å². The van der Waals surface area contributed by atoms with Gasteiger partial charge in [-0.25, -0.2) is 4.79 Å². The van der Waals surface area contributed by atoms with Gasteiger partial charge < -0.3 is 14.8 Å². The Balaban J connectivity index is 1.78. The molecule has 5 nitrogen and oxygen atoms in total. The fraction of sp³-hybridized carbons (Fsp3) is 0.188. The maximum Gasteiger partial charge on any atom is 0.586 e. The van der Waals surface area contributed by atoms with Gasteiger partial charge in [-0.15, -0.1) is 8.78 Å². The number of nitrogens with zero attached hydrogens (tertiary/aromatic N) is 1. The number of anilines is 2. The van der Waals surface area contributed by atoms with Gasteiger partial charge in [0.05, 0.1) is 10.6 Å². The van der Waals surface area contributed by atoms with E-state index in [-0.39, 0.29) is 22.9 Å². The number of carbonyl (C=O) groups excluding carboxylic acids is 1. The van der Waals surface area contributed by atoms with E-state index in [0.29, 0.717) is 6.07 Å². The Hall–Kier alpha value is -2.75. The van der Waals surface area contributed by atoms with Gasteiger partial charge in [0.1, 0.15) is 0 Å². The van der Waals surface area contributed by atoms with Crippen molar-refractivity contribution < 1.29 is 36.2 Å². The van der Waals surface area contributed by atoms with Crippen molar-refractivity contribution in [3.63, 3.8) is 0 Å². The highest BCUT2D eigenvalue weighted by atomic mass is 35.5. The van der Waals surface area contributed by atoms with Crippen molar-refractivity contribution in [3.8, 4) is 11.5 Å². The summed E-state index contributed by atoms with van der Waals surface area (Å²) < 4.78 is 73.3. The van der Waals surface area contributed by atoms with Gasteiger partial charge in [-0.05, 0) is 30.3 Å². The first-order valence-corrected chi connectivity index (χ1v) is 7.65. The highest BCUT2D eigenvalue weighted by molar-refractivity contribution is 6.31. The minimum Gasteiger partial charge on any atom is -0.395 e. The Kier molecular flexibility index (Phi) is 4.54. The minimum absolute atomic E-state index is 0.143. The zero-order valence-corrected chi connectivity index (χ0v) is 14.2. The predicted molar refractivity (Wildman–Crippen MR) is 86.5 cm³/mol. The van der Waals surface area contributed by atoms with Crippen LogP contribution in [0.15, 0.2) is 36.4 Å². The summed E-state index contributed by atoms with van der Waals surface area (Å²) in [6.07, 6.45) is -8.49. The maximum absolute atomic E-state index is 13.0. The van der Waals surface area contributed by atoms with Gasteiger partial charge in [0.25, 0.3) is 0 Å². The first-order valence-electron chi connectivity index (χ1n) is 7.28. The van der Waals surface area contributed by atoms with Crippen molar-refractivity contribution in [2.45, 2.75) is 12.5 Å². The molecule has 0 aromatic heterocycles. The molecule has 0 fully saturated rings. The Morgan fingerprint density at radius 1 is 1.11 bits per heavy atom. The molecule has 0 radical (unpaired) electrons. The molecule has 2 amide bonds. The summed E-state index contributed by atoms with van der Waals surface area (Å²) in [4.78, 5) is 13.3. The van der Waals surface area contributed by atoms with E-state index < -0.39 is 29.1 Å². The van der Waals surface area contributed by atoms with Crippen molar-refractivity contribution in [2.75, 3.05) is 17.3 Å². The number of hydrogen-bond acceptors (Lipinski definition) is 3. The summed E-state index contributed by atoms with van der Waals surface area (Å²) in [6, 6.07) is 5.71. The SMILES string of the molecule is CN(C(=O)Nc1ccc(Cl)c(C(F)(F)F)c1)c1ccc2c(c1)OC(F)(F)O2. The highest BCUT2D eigenvalue weighted by Gasteiger charge is 2.43. The fourth-order valence-electron chi connectivity index (χ4n) is 2.29. The van der Waals surface area contributed by atoms with Gasteiger partial charge in [0, 0.05) is 24.5 Å². The second-order valence-corrected chi connectivity index (χ2v) is 5.89. The third kappa shape index (κ3) is 4.00. The van der Waals surface area contributed by atoms with E-state index in [2.05, 4.69) is 14.8 Å². The van der Waals surface area contributed by atoms with E-state index in [0.717, 1.165) is 17.0 Å². The molecular formula is C16H10ClF5N2O3. The molecule has 0 spiro atoms. The number of benzene rings is 2. The average molecular weight is 409 g/mol. The fourth-order valence-corrected chi connectivity index (χ4v) is 2.52. The molecule has 0 unspecified atom stereocenters. The van der Waals surface area contributed by atoms with Crippen molar-refractivity contribution in [1.82, 2.24) is 0 Å². The van der Waals surface area contributed by atoms with Crippen molar-refractivity contribution >= 4 is 29.0 Å². The molecular weight excluding hydrogens is 399 g/mol. The molecule has 1 heterocycles. The van der Waals surface area contributed by atoms with Crippen LogP contribution in [0.4, 0.5) is 38.1 Å². The largest absolute Gasteiger partial charge is 0.586 e. The van der Waals surface area contributed by atoms with E-state index in [1.54, 1.807) is 0 Å². The molecule has 0 saturated heterocycles. The van der Waals surface area contributed by atoms with E-state index in [4.69, 9.17) is 11.6 Å². The van der Waals surface area contributed by atoms with Crippen LogP contribution in [0.5, 0.6) is 11.5 Å². The second kappa shape index (κ2) is 6.45. The van der Waals surface area contributed by atoms with Crippen molar-refractivity contribution in [2.24, 2.45) is 0 Å². The van der Waals surface area contributed by atoms with E-state index in [9.17, 15) is 26.7 Å². The lowest BCUT2D eigenvalue weighted by atomic mass is 10.2. The standard InChI is InChI=1S/C16H10ClF5N2O3/c1-24(9-3-5-12-13(7-9)27-16(21,22)26-12)14(25)23-8-2-4-11(17)10(6-8)15(18,19)20/h2-7H,1H3,(H,23,25). The topological polar surface area (TPSA) is 50.8 Å². The smallest absolute Gasteiger partial charge is 0.395 e. The van der Waals surface area contributed by atoms with Crippen LogP contribution in [-0.2, 0) is 6.18 Å². The highest BCUT2D eigenvalue weighted by Crippen LogP contribution is 2.43. The predicted octanol–water partition coefficient (Wildman–Crippen LogP) is 5.35. The number of hydrogen-bond donors (Lipinski definition) is 1. The first kappa shape index (κ1) is 19.0. The number of alkyl halides is 5. The van der Waals surface area contributed by atoms with E-state index >= 15 is 0 Å². The Morgan fingerprint density at radius 2 is 1.78 bits per heavy atom. The summed E-state index contributed by atoms with van der Waals surface area (Å²) in [5.74, 6) is -0.479. The molecule has 3 rings (SSSR count). The quantitative estimate of drug-likeness (QED) is 0.682. The molecule has 1 N–H and O–H groups in total. The second-order valence-electron chi connectivity index (χ2n) is 5.48. The van der Waals surface area contributed by atoms with Crippen LogP contribution in [-0.4, -0.2) is 19.4 Å². The van der Waals surface area contributed by atoms with Crippen LogP contribution in [0.3, 0.4) is 0 Å². The summed E-state index contributed by atoms with van der Waals surface area (Å²) >= 11 is 5.52. The zero-order chi connectivity index (χ0) is 20.0. The molecule has 0 bridgehead atoms. The molecule has 2 aromatic rings. The van der Waals surface area contributed by atoms with Gasteiger partial charge in [0.2, 0.25) is 0 Å². The number of nitrogens with one attached hydrogen (secondary N) is 1. The van der Waals surface area contributed by atoms with Crippen LogP contribution in [0.1, 0.15) is 5.56 Å². The summed E-state index contributed by atoms with van der Waals surface area (Å²) in [7, 11) is 1.30. The lowest BCUT2D eigenvalue weighted by Crippen LogP contribution is -2.31. The number of halogens is 6. The number of amides is 2. The Bertz CT molecular complexity index is 904. The molecule has 11 heteroatoms. The first-order chi connectivity index (χ1) is 12.5. The van der Waals surface area contributed by atoms with Gasteiger partial charge in [0.15, 0.2) is 11.5 Å². The molecule has 0 saturated carbocycles. The third-order valence-electron chi connectivity index (χ3n) is 3.60. The summed E-state index contributed by atoms with van der Waals surface area (Å²) in [5, 5.41) is 1.76. The number of fused-ring (bicyclic) bond motifs is 1. The Labute approximate surface area is 154 Å². The Morgan fingerprint density at radius 3 is 2.44 bits per heavy atom. The van der Waals surface area contributed by atoms with Crippen molar-refractivity contribution in [1.29, 1.82) is 0 Å². The van der Waals surface area contributed by atoms with Crippen LogP contribution >= 0.6 is 11.6 Å². The summed E-state index contributed by atoms with van der Waals surface area (Å²) in [5.41, 5.74) is -1.09. The minimum atomic E-state index is -4.69. The molecule has 0 aliphatic carbocycles. The molecule has 1 aliphatic heterocycles. The number of carbonyl (C=O) groups is 1. The monoisotopic (exact) mass is 408 g/mol. The van der Waals surface area contributed by atoms with Crippen LogP contribution in [0.25, 0.3) is 0 Å². The molecule has 144 valence electrons. The van der Waals surface area contributed by atoms with Crippen LogP contribution in [0, 0.1) is 0 Å². The lowest BCUT2D eigenvalue weighted by Gasteiger charge is -2.19. The van der Waals surface area contributed by atoms with E-state index in [1.807, 2.05) is 0 Å². The summed E-state index contributed by atoms with van der Waals surface area (Å²) in [6.45, 7) is 0. The number of rotatable bonds is 2.